The van der Waals surface area contributed by atoms with Gasteiger partial charge in [-0.15, -0.1) is 30.6 Å². The molecular formula is C18H29IN4O2. The first-order chi connectivity index (χ1) is 11.7. The van der Waals surface area contributed by atoms with Gasteiger partial charge < -0.3 is 20.0 Å². The third kappa shape index (κ3) is 7.50. The zero-order valence-corrected chi connectivity index (χ0v) is 17.2. The fraction of sp³-hybridized carbons (Fsp3) is 0.556. The Hall–Kier alpha value is -1.51. The molecule has 7 heteroatoms. The zero-order chi connectivity index (χ0) is 17.2. The van der Waals surface area contributed by atoms with Crippen LogP contribution >= 0.6 is 24.0 Å². The van der Waals surface area contributed by atoms with E-state index >= 15 is 0 Å². The number of hydrogen-bond donors (Lipinski definition) is 2. The van der Waals surface area contributed by atoms with Crippen LogP contribution < -0.4 is 10.6 Å². The first-order valence-electron chi connectivity index (χ1n) is 8.60. The van der Waals surface area contributed by atoms with Crippen LogP contribution in [0.5, 0.6) is 0 Å². The number of aliphatic imine (C=N–C) groups is 1. The molecule has 1 aromatic heterocycles. The molecular weight excluding hydrogens is 431 g/mol. The molecule has 0 saturated carbocycles. The molecule has 2 rings (SSSR count). The minimum atomic E-state index is 0. The van der Waals surface area contributed by atoms with Gasteiger partial charge in [-0.1, -0.05) is 6.08 Å². The molecule has 6 nitrogen and oxygen atoms in total. The highest BCUT2D eigenvalue weighted by Gasteiger charge is 2.23. The zero-order valence-electron chi connectivity index (χ0n) is 14.9. The molecule has 1 aliphatic rings. The third-order valence-corrected chi connectivity index (χ3v) is 4.27. The van der Waals surface area contributed by atoms with Crippen molar-refractivity contribution in [2.24, 2.45) is 10.9 Å². The first-order valence-corrected chi connectivity index (χ1v) is 8.60. The van der Waals surface area contributed by atoms with Gasteiger partial charge in [-0.05, 0) is 30.9 Å². The highest BCUT2D eigenvalue weighted by molar-refractivity contribution is 14.0. The fourth-order valence-electron chi connectivity index (χ4n) is 2.87. The largest absolute Gasteiger partial charge is 0.469 e. The summed E-state index contributed by atoms with van der Waals surface area (Å²) in [6, 6.07) is 3.86. The van der Waals surface area contributed by atoms with E-state index in [0.717, 1.165) is 44.1 Å². The van der Waals surface area contributed by atoms with Gasteiger partial charge in [-0.3, -0.25) is 9.79 Å². The van der Waals surface area contributed by atoms with Crippen molar-refractivity contribution in [3.05, 3.63) is 36.8 Å². The number of piperidine rings is 1. The van der Waals surface area contributed by atoms with Crippen LogP contribution in [0, 0.1) is 5.92 Å². The Labute approximate surface area is 167 Å². The molecule has 1 fully saturated rings. The van der Waals surface area contributed by atoms with Crippen LogP contribution in [0.15, 0.2) is 40.5 Å². The molecule has 0 radical (unpaired) electrons. The number of guanidine groups is 1. The van der Waals surface area contributed by atoms with Gasteiger partial charge in [-0.25, -0.2) is 0 Å². The Morgan fingerprint density at radius 3 is 2.84 bits per heavy atom. The summed E-state index contributed by atoms with van der Waals surface area (Å²) >= 11 is 0. The van der Waals surface area contributed by atoms with Gasteiger partial charge >= 0.3 is 0 Å². The predicted octanol–water partition coefficient (Wildman–Crippen LogP) is 2.42. The number of nitrogens with one attached hydrogen (secondary N) is 2. The van der Waals surface area contributed by atoms with Gasteiger partial charge in [0.1, 0.15) is 5.76 Å². The van der Waals surface area contributed by atoms with Gasteiger partial charge in [0, 0.05) is 46.1 Å². The Balaban J connectivity index is 0.00000312. The predicted molar refractivity (Wildman–Crippen MR) is 111 cm³/mol. The molecule has 0 aliphatic carbocycles. The molecule has 0 spiro atoms. The van der Waals surface area contributed by atoms with E-state index in [1.807, 2.05) is 18.2 Å². The first kappa shape index (κ1) is 21.5. The van der Waals surface area contributed by atoms with Crippen LogP contribution in [0.25, 0.3) is 0 Å². The van der Waals surface area contributed by atoms with E-state index in [0.29, 0.717) is 25.4 Å². The fourth-order valence-corrected chi connectivity index (χ4v) is 2.87. The number of rotatable bonds is 7. The van der Waals surface area contributed by atoms with E-state index < -0.39 is 0 Å². The maximum atomic E-state index is 11.5. The second-order valence-electron chi connectivity index (χ2n) is 6.01. The maximum Gasteiger partial charge on any atom is 0.220 e. The summed E-state index contributed by atoms with van der Waals surface area (Å²) in [6.45, 7) is 6.98. The van der Waals surface area contributed by atoms with Crippen molar-refractivity contribution < 1.29 is 9.21 Å². The Morgan fingerprint density at radius 2 is 2.24 bits per heavy atom. The van der Waals surface area contributed by atoms with E-state index in [9.17, 15) is 4.79 Å². The minimum Gasteiger partial charge on any atom is -0.469 e. The van der Waals surface area contributed by atoms with E-state index in [1.165, 1.54) is 0 Å². The minimum absolute atomic E-state index is 0. The Morgan fingerprint density at radius 1 is 1.48 bits per heavy atom. The molecule has 0 atom stereocenters. The maximum absolute atomic E-state index is 11.5. The topological polar surface area (TPSA) is 69.9 Å². The van der Waals surface area contributed by atoms with Crippen LogP contribution in [0.1, 0.15) is 25.0 Å². The molecule has 1 aliphatic heterocycles. The standard InChI is InChI=1S/C18H28N4O2.HI/c1-3-9-20-18(21-10-6-16-5-4-13-24-16)22-11-7-15(8-12-22)14-17(23)19-2;/h3-5,13,15H,1,6-12,14H2,2H3,(H,19,23)(H,20,21);1H. The smallest absolute Gasteiger partial charge is 0.220 e. The third-order valence-electron chi connectivity index (χ3n) is 4.27. The molecule has 2 N–H and O–H groups in total. The summed E-state index contributed by atoms with van der Waals surface area (Å²) < 4.78 is 5.35. The molecule has 1 aromatic rings. The molecule has 0 bridgehead atoms. The van der Waals surface area contributed by atoms with Gasteiger partial charge in [0.2, 0.25) is 5.91 Å². The lowest BCUT2D eigenvalue weighted by Gasteiger charge is -2.34. The van der Waals surface area contributed by atoms with Crippen molar-refractivity contribution in [3.8, 4) is 0 Å². The lowest BCUT2D eigenvalue weighted by atomic mass is 9.93. The second-order valence-corrected chi connectivity index (χ2v) is 6.01. The summed E-state index contributed by atoms with van der Waals surface area (Å²) in [4.78, 5) is 18.5. The number of amides is 1. The summed E-state index contributed by atoms with van der Waals surface area (Å²) in [5.41, 5.74) is 0. The van der Waals surface area contributed by atoms with Crippen molar-refractivity contribution in [2.45, 2.75) is 25.7 Å². The average molecular weight is 460 g/mol. The summed E-state index contributed by atoms with van der Waals surface area (Å²) in [7, 11) is 1.69. The number of carbonyl (C=O) groups is 1. The van der Waals surface area contributed by atoms with Crippen molar-refractivity contribution in [1.29, 1.82) is 0 Å². The molecule has 25 heavy (non-hydrogen) atoms. The lowest BCUT2D eigenvalue weighted by molar-refractivity contribution is -0.121. The lowest BCUT2D eigenvalue weighted by Crippen LogP contribution is -2.46. The SMILES string of the molecule is C=CCNC(=NCCc1ccco1)N1CCC(CC(=O)NC)CC1.I. The van der Waals surface area contributed by atoms with Gasteiger partial charge in [0.05, 0.1) is 6.26 Å². The van der Waals surface area contributed by atoms with Gasteiger partial charge in [0.25, 0.3) is 0 Å². The van der Waals surface area contributed by atoms with Gasteiger partial charge in [-0.2, -0.15) is 0 Å². The Bertz CT molecular complexity index is 537. The molecule has 1 saturated heterocycles. The number of halogens is 1. The molecule has 0 aromatic carbocycles. The number of hydrogen-bond acceptors (Lipinski definition) is 3. The van der Waals surface area contributed by atoms with Crippen molar-refractivity contribution in [2.75, 3.05) is 33.2 Å². The summed E-state index contributed by atoms with van der Waals surface area (Å²) in [5.74, 6) is 2.46. The molecule has 0 unspecified atom stereocenters. The van der Waals surface area contributed by atoms with Crippen molar-refractivity contribution in [3.63, 3.8) is 0 Å². The van der Waals surface area contributed by atoms with E-state index in [4.69, 9.17) is 9.41 Å². The van der Waals surface area contributed by atoms with Crippen LogP contribution in [0.4, 0.5) is 0 Å². The van der Waals surface area contributed by atoms with Crippen LogP contribution in [0.2, 0.25) is 0 Å². The normalized spacial score (nSPS) is 15.4. The monoisotopic (exact) mass is 460 g/mol. The summed E-state index contributed by atoms with van der Waals surface area (Å²) in [5, 5.41) is 6.04. The number of furan rings is 1. The van der Waals surface area contributed by atoms with Gasteiger partial charge in [0.15, 0.2) is 5.96 Å². The van der Waals surface area contributed by atoms with Crippen LogP contribution in [-0.2, 0) is 11.2 Å². The summed E-state index contributed by atoms with van der Waals surface area (Å²) in [6.07, 6.45) is 6.96. The highest BCUT2D eigenvalue weighted by atomic mass is 127. The van der Waals surface area contributed by atoms with Crippen molar-refractivity contribution >= 4 is 35.8 Å². The molecule has 2 heterocycles. The van der Waals surface area contributed by atoms with Crippen LogP contribution in [-0.4, -0.2) is 50.0 Å². The second kappa shape index (κ2) is 11.9. The Kier molecular flexibility index (Phi) is 10.3. The quantitative estimate of drug-likeness (QED) is 0.284. The number of carbonyl (C=O) groups excluding carboxylic acids is 1. The highest BCUT2D eigenvalue weighted by Crippen LogP contribution is 2.20. The average Bonchev–Trinajstić information content (AvgIpc) is 3.12. The molecule has 140 valence electrons. The van der Waals surface area contributed by atoms with E-state index in [1.54, 1.807) is 13.3 Å². The van der Waals surface area contributed by atoms with Crippen LogP contribution in [0.3, 0.4) is 0 Å². The van der Waals surface area contributed by atoms with E-state index in [2.05, 4.69) is 22.1 Å². The van der Waals surface area contributed by atoms with E-state index in [-0.39, 0.29) is 29.9 Å². The van der Waals surface area contributed by atoms with Crippen molar-refractivity contribution in [1.82, 2.24) is 15.5 Å². The number of nitrogens with zero attached hydrogens (tertiary/aromatic N) is 2. The molecule has 1 amide bonds. The number of likely N-dealkylation sites (tertiary alicyclic amines) is 1.